The van der Waals surface area contributed by atoms with E-state index in [4.69, 9.17) is 38.8 Å². The molecule has 5 aliphatic heterocycles. The normalized spacial score (nSPS) is 23.2. The van der Waals surface area contributed by atoms with Crippen LogP contribution in [0, 0.1) is 42.4 Å². The maximum absolute atomic E-state index is 15.2. The van der Waals surface area contributed by atoms with Crippen molar-refractivity contribution in [1.82, 2.24) is 20.5 Å². The number of aromatic nitrogens is 1. The van der Waals surface area contributed by atoms with E-state index in [1.807, 2.05) is 17.0 Å². The third-order valence-corrected chi connectivity index (χ3v) is 21.8. The molecule has 4 bridgehead atoms. The number of aliphatic hydroxyl groups is 2. The van der Waals surface area contributed by atoms with E-state index < -0.39 is 124 Å². The van der Waals surface area contributed by atoms with Gasteiger partial charge in [-0.1, -0.05) is 90.5 Å². The van der Waals surface area contributed by atoms with Crippen LogP contribution in [-0.2, 0) is 59.1 Å². The smallest absolute Gasteiger partial charge is 0.411 e. The Balaban J connectivity index is 0.798. The average molecular weight is 1570 g/mol. The Morgan fingerprint density at radius 1 is 0.825 bits per heavy atom. The van der Waals surface area contributed by atoms with Crippen LogP contribution in [0.25, 0.3) is 33.3 Å². The predicted octanol–water partition coefficient (Wildman–Crippen LogP) is 10.4. The summed E-state index contributed by atoms with van der Waals surface area (Å²) in [6.45, 7) is 17.2. The topological polar surface area (TPSA) is 434 Å². The number of esters is 1. The van der Waals surface area contributed by atoms with Gasteiger partial charge >= 0.3 is 23.9 Å². The Morgan fingerprint density at radius 2 is 1.50 bits per heavy atom. The number of phenolic OH excluding ortho intramolecular Hbond substituents is 2. The highest BCUT2D eigenvalue weighted by molar-refractivity contribution is 6.22. The number of rotatable bonds is 24. The number of hydrogen-bond acceptors (Lipinski definition) is 23. The minimum atomic E-state index is -2.16. The molecule has 4 aromatic rings. The molecule has 5 heterocycles. The van der Waals surface area contributed by atoms with E-state index in [1.165, 1.54) is 71.4 Å². The number of carbonyl (C=O) groups is 10. The second kappa shape index (κ2) is 37.0. The third kappa shape index (κ3) is 19.6. The largest absolute Gasteiger partial charge is 0.507 e. The van der Waals surface area contributed by atoms with Crippen molar-refractivity contribution in [1.29, 1.82) is 0 Å². The molecule has 0 radical (unpaired) electrons. The van der Waals surface area contributed by atoms with Crippen LogP contribution in [0.2, 0.25) is 0 Å². The number of hydrogen-bond donors (Lipinski definition) is 10. The lowest BCUT2D eigenvalue weighted by Gasteiger charge is -2.38. The van der Waals surface area contributed by atoms with Crippen LogP contribution >= 0.6 is 0 Å². The van der Waals surface area contributed by atoms with Gasteiger partial charge in [-0.3, -0.25) is 53.4 Å². The predicted molar refractivity (Wildman–Crippen MR) is 423 cm³/mol. The zero-order chi connectivity index (χ0) is 82.7. The number of unbranched alkanes of at least 4 members (excludes halogenated alkanes) is 2. The Labute approximate surface area is 659 Å². The lowest BCUT2D eigenvalue weighted by Crippen LogP contribution is -2.46. The third-order valence-electron chi connectivity index (χ3n) is 21.8. The summed E-state index contributed by atoms with van der Waals surface area (Å²) < 4.78 is 36.3. The van der Waals surface area contributed by atoms with Gasteiger partial charge in [-0.05, 0) is 106 Å². The maximum Gasteiger partial charge on any atom is 0.411 e. The molecule has 0 aromatic heterocycles. The quantitative estimate of drug-likeness (QED) is 0.00885. The number of aliphatic hydroxyl groups excluding tert-OH is 2. The fourth-order valence-electron chi connectivity index (χ4n) is 15.1. The molecule has 8 amide bonds. The molecule has 608 valence electrons. The highest BCUT2D eigenvalue weighted by Gasteiger charge is 2.50. The average Bonchev–Trinajstić information content (AvgIpc) is 1.36. The Bertz CT molecular complexity index is 4790. The van der Waals surface area contributed by atoms with Crippen molar-refractivity contribution >= 4 is 104 Å². The van der Waals surface area contributed by atoms with E-state index in [-0.39, 0.29) is 130 Å². The van der Waals surface area contributed by atoms with Crippen molar-refractivity contribution in [3.63, 3.8) is 0 Å². The van der Waals surface area contributed by atoms with Crippen LogP contribution in [-0.4, -0.2) is 159 Å². The number of ether oxygens (including phenoxy) is 5. The lowest BCUT2D eigenvalue weighted by molar-refractivity contribution is -0.160. The van der Waals surface area contributed by atoms with Gasteiger partial charge in [0.1, 0.15) is 46.9 Å². The van der Waals surface area contributed by atoms with Gasteiger partial charge in [0, 0.05) is 147 Å². The number of aromatic hydroxyl groups is 2. The second-order valence-corrected chi connectivity index (χ2v) is 30.4. The number of allylic oxidation sites excluding steroid dienone is 2. The van der Waals surface area contributed by atoms with Crippen molar-refractivity contribution in [3.8, 4) is 28.7 Å². The first-order valence-corrected chi connectivity index (χ1v) is 38.4. The summed E-state index contributed by atoms with van der Waals surface area (Å²) in [6, 6.07) is 15.5. The van der Waals surface area contributed by atoms with Crippen molar-refractivity contribution in [2.45, 2.75) is 176 Å². The summed E-state index contributed by atoms with van der Waals surface area (Å²) in [5, 5.41) is 60.4. The van der Waals surface area contributed by atoms with Crippen molar-refractivity contribution in [3.05, 3.63) is 141 Å². The van der Waals surface area contributed by atoms with Gasteiger partial charge in [0.25, 0.3) is 23.5 Å². The number of Topliss-reactive ketones (excluding diaryl/α,β-unsaturated/α-hetero) is 2. The number of phenols is 2. The van der Waals surface area contributed by atoms with Gasteiger partial charge in [-0.2, -0.15) is 0 Å². The summed E-state index contributed by atoms with van der Waals surface area (Å²) in [6.07, 6.45) is 8.17. The summed E-state index contributed by atoms with van der Waals surface area (Å²) >= 11 is 0. The fourth-order valence-corrected chi connectivity index (χ4v) is 15.1. The Hall–Kier alpha value is -11.5. The lowest BCUT2D eigenvalue weighted by atomic mass is 9.78. The van der Waals surface area contributed by atoms with E-state index in [9.17, 15) is 63.6 Å². The number of amides is 8. The fraction of sp³-hybridized carbons (Fsp3) is 0.452. The molecule has 1 saturated heterocycles. The molecular formula is C84H101N9O21. The number of methoxy groups -OCH3 is 1. The van der Waals surface area contributed by atoms with Gasteiger partial charge in [0.2, 0.25) is 17.2 Å². The number of carbonyl (C=O) groups excluding carboxylic acids is 10. The molecule has 10 rings (SSSR count). The number of nitrogens with zero attached hydrogens (tertiary/aromatic N) is 3. The first-order valence-electron chi connectivity index (χ1n) is 38.4. The van der Waals surface area contributed by atoms with Gasteiger partial charge in [-0.15, -0.1) is 0 Å². The van der Waals surface area contributed by atoms with Gasteiger partial charge < -0.3 is 80.4 Å². The Kier molecular flexibility index (Phi) is 27.6. The molecule has 11 atom stereocenters. The summed E-state index contributed by atoms with van der Waals surface area (Å²) in [5.74, 6) is -11.5. The molecule has 30 heteroatoms. The summed E-state index contributed by atoms with van der Waals surface area (Å²) in [5.41, 5.74) is 6.44. The Morgan fingerprint density at radius 3 is 2.16 bits per heavy atom. The highest BCUT2D eigenvalue weighted by Crippen LogP contribution is 2.51. The van der Waals surface area contributed by atoms with Crippen molar-refractivity contribution in [2.24, 2.45) is 41.2 Å². The van der Waals surface area contributed by atoms with E-state index in [0.717, 1.165) is 10.5 Å². The number of ketones is 2. The van der Waals surface area contributed by atoms with Gasteiger partial charge in [0.15, 0.2) is 17.1 Å². The molecule has 114 heavy (non-hydrogen) atoms. The summed E-state index contributed by atoms with van der Waals surface area (Å²) in [4.78, 5) is 154. The van der Waals surface area contributed by atoms with Crippen molar-refractivity contribution in [2.75, 3.05) is 54.1 Å². The number of nitrogens with one attached hydrogen (secondary N) is 5. The van der Waals surface area contributed by atoms with Crippen LogP contribution in [0.1, 0.15) is 153 Å². The van der Waals surface area contributed by atoms with E-state index in [1.54, 1.807) is 96.2 Å². The number of imide groups is 1. The molecule has 0 unspecified atom stereocenters. The van der Waals surface area contributed by atoms with Crippen LogP contribution in [0.5, 0.6) is 17.2 Å². The number of fused-ring (bicyclic) bond motifs is 2. The molecule has 11 N–H and O–H groups in total. The number of primary amides is 1. The minimum Gasteiger partial charge on any atom is -0.507 e. The van der Waals surface area contributed by atoms with Crippen LogP contribution < -0.4 is 47.4 Å². The zero-order valence-corrected chi connectivity index (χ0v) is 65.8. The monoisotopic (exact) mass is 1570 g/mol. The van der Waals surface area contributed by atoms with E-state index >= 15 is 9.59 Å². The number of urea groups is 1. The highest BCUT2D eigenvalue weighted by atomic mass is 16.7. The molecule has 6 aliphatic rings. The first-order chi connectivity index (χ1) is 54.2. The standard InChI is InChI=1S/C84H101N9O21/c1-43(2)68(89-62(97)20-13-12-14-35-93-63(98)29-30-64(93)99)58(95)39-54(19-16-34-86-82(85)107)81(106)87-55-25-21-51(22-26-55)42-110-83(108)88-56-27-23-52(24-28-56)53-31-36-92(37-32-53)57-40-59(96)69-61(41-57)113-78-70(90-69)65-66-74(102)49(8)77-67(65)79(104)84(10,114-77)111-38-33-60(109-11)46(5)76(112-50(9)94)48(7)73(101)47(6)72(100)44(3)17-15-18-45(4)80(105)91-71(78)75(66)103/h15,17-18,21-30,33,38,40-41,43-44,46-48,53-54,60,68,72-73,76,96,100-102H,12-14,16,19-20,31-32,34-37,39,42H2,1-11H3,(H,87,106)(H,88,108)(H,89,97)(H,91,105)(H3,85,86,107)/b17-15+,38-33+,45-18-/t44-,46+,47+,48+,54+,60-,68-,72-,73+,76+,84-/m0/s1. The molecule has 0 saturated carbocycles. The molecular weight excluding hydrogens is 1470 g/mol. The van der Waals surface area contributed by atoms with Gasteiger partial charge in [0.05, 0.1) is 41.6 Å². The summed E-state index contributed by atoms with van der Waals surface area (Å²) in [7, 11) is 1.42. The number of anilines is 4. The van der Waals surface area contributed by atoms with E-state index in [2.05, 4.69) is 26.6 Å². The maximum atomic E-state index is 15.2. The van der Waals surface area contributed by atoms with Crippen LogP contribution in [0.4, 0.5) is 32.3 Å². The number of nitrogens with two attached hydrogens (primary N) is 1. The molecule has 1 fully saturated rings. The first kappa shape index (κ1) is 84.9. The van der Waals surface area contributed by atoms with E-state index in [0.29, 0.717) is 74.2 Å². The van der Waals surface area contributed by atoms with Crippen molar-refractivity contribution < 1.29 is 96.5 Å². The number of benzene rings is 5. The molecule has 0 spiro atoms. The number of piperidine rings is 1. The van der Waals surface area contributed by atoms with Crippen LogP contribution in [0.3, 0.4) is 0 Å². The van der Waals surface area contributed by atoms with Gasteiger partial charge in [-0.25, -0.2) is 14.6 Å². The second-order valence-electron chi connectivity index (χ2n) is 30.4. The van der Waals surface area contributed by atoms with Crippen LogP contribution in [0.15, 0.2) is 118 Å². The zero-order valence-electron chi connectivity index (χ0n) is 65.8. The molecule has 4 aromatic carbocycles. The SMILES string of the molecule is CO[C@H]1/C=C/O[C@@]2(C)Oc3c(C)c(O)c4c(=O)c(c5oc6cc(N7CCC(c8ccc(NC(=O)OCc9ccc(NC(=O)[C@H](CCCNC(N)=O)CC(=O)[C@@H](NC(=O)CCCCCN%10C(=O)C=CC%10=O)C(C)C)cc9)cc8)CC7)cc(O)c6nc-5c4c3C2=O)NC(=O)/C(C)=C\C=C\[C@H](C)[C@H](O)[C@@H](C)[C@@H](O)[C@@H](C)[C@H](OC(C)=O)[C@@H]1C. The minimum absolute atomic E-state index is 0.00878. The molecule has 1 aliphatic carbocycles. The molecule has 30 nitrogen and oxygen atoms in total.